The maximum absolute atomic E-state index is 14.5. The van der Waals surface area contributed by atoms with Crippen LogP contribution in [0, 0.1) is 5.41 Å². The Morgan fingerprint density at radius 2 is 1.75 bits per heavy atom. The smallest absolute Gasteiger partial charge is 0.408 e. The monoisotopic (exact) mass is 733 g/mol. The summed E-state index contributed by atoms with van der Waals surface area (Å²) in [5.41, 5.74) is -1.04. The molecule has 4 amide bonds. The number of benzene rings is 1. The third kappa shape index (κ3) is 9.82. The Morgan fingerprint density at radius 3 is 2.36 bits per heavy atom. The van der Waals surface area contributed by atoms with Gasteiger partial charge in [-0.3, -0.25) is 19.2 Å². The molecular weight excluding hydrogens is 682 g/mol. The minimum absolute atomic E-state index is 0.0227. The molecule has 53 heavy (non-hydrogen) atoms. The first kappa shape index (κ1) is 39.0. The van der Waals surface area contributed by atoms with E-state index in [1.165, 1.54) is 4.90 Å². The summed E-state index contributed by atoms with van der Waals surface area (Å²) < 4.78 is 19.1. The van der Waals surface area contributed by atoms with Gasteiger partial charge in [-0.1, -0.05) is 34.1 Å². The summed E-state index contributed by atoms with van der Waals surface area (Å²) in [7, 11) is 1.56. The minimum Gasteiger partial charge on any atom is -0.497 e. The van der Waals surface area contributed by atoms with E-state index in [4.69, 9.17) is 19.2 Å². The van der Waals surface area contributed by atoms with Gasteiger partial charge < -0.3 is 35.1 Å². The third-order valence-corrected chi connectivity index (χ3v) is 8.97. The van der Waals surface area contributed by atoms with Crippen molar-refractivity contribution in [2.24, 2.45) is 5.41 Å². The van der Waals surface area contributed by atoms with E-state index in [2.05, 4.69) is 21.0 Å². The Kier molecular flexibility index (Phi) is 11.6. The summed E-state index contributed by atoms with van der Waals surface area (Å²) >= 11 is 0. The van der Waals surface area contributed by atoms with E-state index in [0.717, 1.165) is 12.8 Å². The Hall–Kier alpha value is -5.21. The quantitative estimate of drug-likeness (QED) is 0.218. The summed E-state index contributed by atoms with van der Waals surface area (Å²) in [6.07, 6.45) is 4.32. The number of carbonyl (C=O) groups excluding carboxylic acids is 5. The molecule has 5 rings (SSSR count). The molecule has 1 saturated heterocycles. The average Bonchev–Trinajstić information content (AvgIpc) is 3.53. The number of fused-ring (bicyclic) bond motifs is 1. The first-order chi connectivity index (χ1) is 25.0. The maximum Gasteiger partial charge on any atom is 0.408 e. The van der Waals surface area contributed by atoms with E-state index in [1.807, 2.05) is 13.0 Å². The van der Waals surface area contributed by atoms with Gasteiger partial charge in [0, 0.05) is 42.4 Å². The molecule has 0 spiro atoms. The molecule has 3 N–H and O–H groups in total. The second-order valence-electron chi connectivity index (χ2n) is 15.7. The van der Waals surface area contributed by atoms with Crippen molar-refractivity contribution in [3.8, 4) is 17.3 Å². The molecule has 2 aromatic heterocycles. The van der Waals surface area contributed by atoms with Gasteiger partial charge in [-0.2, -0.15) is 5.10 Å². The van der Waals surface area contributed by atoms with Gasteiger partial charge in [-0.05, 0) is 63.6 Å². The van der Waals surface area contributed by atoms with Crippen molar-refractivity contribution in [3.05, 3.63) is 42.7 Å². The van der Waals surface area contributed by atoms with E-state index in [-0.39, 0.29) is 25.4 Å². The number of hydrogen-bond acceptors (Lipinski definition) is 10. The molecule has 1 aliphatic heterocycles. The Balaban J connectivity index is 1.48. The molecule has 0 radical (unpaired) electrons. The van der Waals surface area contributed by atoms with Crippen molar-refractivity contribution in [2.75, 3.05) is 13.7 Å². The highest BCUT2D eigenvalue weighted by atomic mass is 16.6. The number of alkyl carbamates (subject to hydrolysis) is 1. The summed E-state index contributed by atoms with van der Waals surface area (Å²) in [5, 5.41) is 13.2. The third-order valence-electron chi connectivity index (χ3n) is 8.97. The van der Waals surface area contributed by atoms with E-state index >= 15 is 0 Å². The summed E-state index contributed by atoms with van der Waals surface area (Å²) in [6.45, 7) is 12.4. The lowest BCUT2D eigenvalue weighted by molar-refractivity contribution is -0.144. The van der Waals surface area contributed by atoms with Gasteiger partial charge in [-0.25, -0.2) is 14.5 Å². The molecule has 1 aliphatic carbocycles. The summed E-state index contributed by atoms with van der Waals surface area (Å²) in [5.74, 6) is -1.10. The van der Waals surface area contributed by atoms with E-state index in [9.17, 15) is 24.0 Å². The maximum atomic E-state index is 14.5. The van der Waals surface area contributed by atoms with Crippen LogP contribution >= 0.6 is 0 Å². The van der Waals surface area contributed by atoms with Crippen LogP contribution in [-0.2, 0) is 23.9 Å². The van der Waals surface area contributed by atoms with Crippen LogP contribution < -0.4 is 25.4 Å². The number of amides is 4. The second kappa shape index (κ2) is 15.8. The Labute approximate surface area is 309 Å². The normalized spacial score (nSPS) is 18.5. The zero-order chi connectivity index (χ0) is 38.7. The summed E-state index contributed by atoms with van der Waals surface area (Å²) in [4.78, 5) is 73.8. The van der Waals surface area contributed by atoms with Crippen molar-refractivity contribution >= 4 is 40.5 Å². The second-order valence-corrected chi connectivity index (χ2v) is 15.7. The van der Waals surface area contributed by atoms with Gasteiger partial charge in [0.1, 0.15) is 35.3 Å². The van der Waals surface area contributed by atoms with Crippen LogP contribution in [0.15, 0.2) is 42.7 Å². The molecule has 2 aliphatic rings. The number of nitrogens with one attached hydrogen (secondary N) is 3. The van der Waals surface area contributed by atoms with Gasteiger partial charge in [0.05, 0.1) is 25.2 Å². The number of rotatable bonds is 13. The van der Waals surface area contributed by atoms with Crippen molar-refractivity contribution in [2.45, 2.75) is 116 Å². The molecule has 2 fully saturated rings. The van der Waals surface area contributed by atoms with Crippen LogP contribution in [0.1, 0.15) is 80.6 Å². The van der Waals surface area contributed by atoms with Gasteiger partial charge in [0.25, 0.3) is 5.91 Å². The standard InChI is InChI=1S/C38H51N7O8/c1-9-11-26(31(46)34(48)40-22-12-13-22)42-33(47)28-19-24(21-44(28)35(49)32(37(2,3)4)43-36(50)53-38(5,6)7)52-29-20-30(45-17-10-16-39-45)41-27-18-23(51-8)14-15-25(27)29/h10,14-18,20,22,24,26,28,32H,9,11-13,19,21H2,1-8H3,(H,40,48)(H,42,47)(H,43,50)/t24-,26+,28+,32?/m1/s1. The highest BCUT2D eigenvalue weighted by Crippen LogP contribution is 2.34. The lowest BCUT2D eigenvalue weighted by atomic mass is 9.85. The molecule has 0 bridgehead atoms. The molecule has 15 nitrogen and oxygen atoms in total. The fourth-order valence-corrected chi connectivity index (χ4v) is 6.17. The summed E-state index contributed by atoms with van der Waals surface area (Å²) in [6, 6.07) is 5.57. The minimum atomic E-state index is -1.10. The van der Waals surface area contributed by atoms with E-state index in [1.54, 1.807) is 90.0 Å². The van der Waals surface area contributed by atoms with Crippen LogP contribution in [0.4, 0.5) is 4.79 Å². The van der Waals surface area contributed by atoms with Crippen LogP contribution in [0.25, 0.3) is 16.7 Å². The first-order valence-corrected chi connectivity index (χ1v) is 18.1. The van der Waals surface area contributed by atoms with Crippen LogP contribution in [0.3, 0.4) is 0 Å². The molecular formula is C38H51N7O8. The van der Waals surface area contributed by atoms with Gasteiger partial charge in [-0.15, -0.1) is 0 Å². The van der Waals surface area contributed by atoms with Crippen molar-refractivity contribution in [3.63, 3.8) is 0 Å². The zero-order valence-electron chi connectivity index (χ0n) is 31.7. The van der Waals surface area contributed by atoms with Gasteiger partial charge >= 0.3 is 6.09 Å². The Morgan fingerprint density at radius 1 is 1.02 bits per heavy atom. The van der Waals surface area contributed by atoms with E-state index < -0.39 is 64.8 Å². The molecule has 1 aromatic carbocycles. The number of hydrogen-bond donors (Lipinski definition) is 3. The average molecular weight is 734 g/mol. The number of aromatic nitrogens is 3. The number of pyridine rings is 1. The van der Waals surface area contributed by atoms with Crippen molar-refractivity contribution in [1.29, 1.82) is 0 Å². The van der Waals surface area contributed by atoms with Gasteiger partial charge in [0.15, 0.2) is 5.82 Å². The molecule has 4 atom stereocenters. The Bertz CT molecular complexity index is 1830. The largest absolute Gasteiger partial charge is 0.497 e. The fraction of sp³-hybridized carbons (Fsp3) is 0.553. The highest BCUT2D eigenvalue weighted by Gasteiger charge is 2.47. The molecule has 15 heteroatoms. The number of Topliss-reactive ketones (excluding diaryl/α,β-unsaturated/α-hetero) is 1. The fourth-order valence-electron chi connectivity index (χ4n) is 6.17. The number of likely N-dealkylation sites (tertiary alicyclic amines) is 1. The number of ether oxygens (including phenoxy) is 3. The number of carbonyl (C=O) groups is 5. The predicted molar refractivity (Wildman–Crippen MR) is 196 cm³/mol. The van der Waals surface area contributed by atoms with Crippen molar-refractivity contribution in [1.82, 2.24) is 35.6 Å². The number of nitrogens with zero attached hydrogens (tertiary/aromatic N) is 4. The highest BCUT2D eigenvalue weighted by molar-refractivity contribution is 6.38. The molecule has 3 heterocycles. The molecule has 286 valence electrons. The van der Waals surface area contributed by atoms with Crippen LogP contribution in [0.5, 0.6) is 11.5 Å². The van der Waals surface area contributed by atoms with Crippen LogP contribution in [-0.4, -0.2) is 98.8 Å². The lowest BCUT2D eigenvalue weighted by Crippen LogP contribution is -2.59. The SMILES string of the molecule is CCC[C@H](NC(=O)[C@@H]1C[C@@H](Oc2cc(-n3cccn3)nc3cc(OC)ccc23)CN1C(=O)C(NC(=O)OC(C)(C)C)C(C)(C)C)C(=O)C(=O)NC1CC1. The van der Waals surface area contributed by atoms with Crippen LogP contribution in [0.2, 0.25) is 0 Å². The molecule has 3 aromatic rings. The number of ketones is 1. The van der Waals surface area contributed by atoms with E-state index in [0.29, 0.717) is 34.6 Å². The first-order valence-electron chi connectivity index (χ1n) is 18.1. The van der Waals surface area contributed by atoms with Crippen molar-refractivity contribution < 1.29 is 38.2 Å². The zero-order valence-corrected chi connectivity index (χ0v) is 31.7. The number of methoxy groups -OCH3 is 1. The van der Waals surface area contributed by atoms with Gasteiger partial charge in [0.2, 0.25) is 17.6 Å². The lowest BCUT2D eigenvalue weighted by Gasteiger charge is -2.35. The molecule has 1 saturated carbocycles. The predicted octanol–water partition coefficient (Wildman–Crippen LogP) is 3.85. The topological polar surface area (TPSA) is 183 Å². The molecule has 1 unspecified atom stereocenters.